The maximum absolute atomic E-state index is 6.28. The van der Waals surface area contributed by atoms with Crippen molar-refractivity contribution in [1.29, 1.82) is 0 Å². The summed E-state index contributed by atoms with van der Waals surface area (Å²) < 4.78 is 5.85. The highest BCUT2D eigenvalue weighted by Gasteiger charge is 2.30. The maximum atomic E-state index is 6.28. The number of ether oxygens (including phenoxy) is 1. The Balaban J connectivity index is 1.51. The molecule has 2 atom stereocenters. The van der Waals surface area contributed by atoms with Gasteiger partial charge in [0.15, 0.2) is 0 Å². The molecule has 3 rings (SSSR count). The first kappa shape index (κ1) is 16.3. The Morgan fingerprint density at radius 2 is 1.73 bits per heavy atom. The van der Waals surface area contributed by atoms with Crippen LogP contribution in [0.15, 0.2) is 24.3 Å². The summed E-state index contributed by atoms with van der Waals surface area (Å²) in [7, 11) is 0. The molecule has 0 amide bonds. The number of rotatable bonds is 3. The smallest absolute Gasteiger partial charge is 0.0678 e. The van der Waals surface area contributed by atoms with Crippen molar-refractivity contribution in [2.75, 3.05) is 26.2 Å². The highest BCUT2D eigenvalue weighted by Crippen LogP contribution is 2.24. The summed E-state index contributed by atoms with van der Waals surface area (Å²) in [6.45, 7) is 9.84. The zero-order valence-corrected chi connectivity index (χ0v) is 14.4. The van der Waals surface area contributed by atoms with Gasteiger partial charge in [-0.3, -0.25) is 9.80 Å². The first-order chi connectivity index (χ1) is 10.6. The molecule has 2 aliphatic rings. The van der Waals surface area contributed by atoms with Gasteiger partial charge in [-0.2, -0.15) is 0 Å². The van der Waals surface area contributed by atoms with Gasteiger partial charge in [0.2, 0.25) is 0 Å². The van der Waals surface area contributed by atoms with Crippen molar-refractivity contribution in [1.82, 2.24) is 9.80 Å². The lowest BCUT2D eigenvalue weighted by Crippen LogP contribution is -2.53. The van der Waals surface area contributed by atoms with E-state index in [0.29, 0.717) is 12.2 Å². The minimum Gasteiger partial charge on any atom is -0.373 e. The lowest BCUT2D eigenvalue weighted by molar-refractivity contribution is -0.0865. The first-order valence-electron chi connectivity index (χ1n) is 8.47. The fraction of sp³-hybridized carbons (Fsp3) is 0.667. The quantitative estimate of drug-likeness (QED) is 0.848. The van der Waals surface area contributed by atoms with Crippen LogP contribution >= 0.6 is 11.6 Å². The van der Waals surface area contributed by atoms with Crippen LogP contribution in [0.25, 0.3) is 0 Å². The van der Waals surface area contributed by atoms with Crippen LogP contribution in [0, 0.1) is 0 Å². The van der Waals surface area contributed by atoms with Crippen LogP contribution in [0.3, 0.4) is 0 Å². The molecule has 1 aromatic carbocycles. The molecule has 2 aliphatic heterocycles. The topological polar surface area (TPSA) is 15.7 Å². The number of halogens is 1. The highest BCUT2D eigenvalue weighted by molar-refractivity contribution is 6.31. The average Bonchev–Trinajstić information content (AvgIpc) is 2.49. The van der Waals surface area contributed by atoms with E-state index in [1.165, 1.54) is 18.4 Å². The SMILES string of the molecule is C[C@@H]1CN(C2CCN(Cc3ccccc3Cl)CC2)C[C@H](C)O1. The molecule has 3 nitrogen and oxygen atoms in total. The van der Waals surface area contributed by atoms with Crippen LogP contribution in [-0.2, 0) is 11.3 Å². The van der Waals surface area contributed by atoms with Crippen LogP contribution in [-0.4, -0.2) is 54.2 Å². The van der Waals surface area contributed by atoms with Crippen LogP contribution < -0.4 is 0 Å². The van der Waals surface area contributed by atoms with Gasteiger partial charge in [-0.15, -0.1) is 0 Å². The summed E-state index contributed by atoms with van der Waals surface area (Å²) in [5.41, 5.74) is 1.25. The van der Waals surface area contributed by atoms with E-state index in [1.54, 1.807) is 0 Å². The van der Waals surface area contributed by atoms with Gasteiger partial charge < -0.3 is 4.74 Å². The van der Waals surface area contributed by atoms with Gasteiger partial charge >= 0.3 is 0 Å². The van der Waals surface area contributed by atoms with Gasteiger partial charge in [0.25, 0.3) is 0 Å². The molecular formula is C18H27ClN2O. The molecule has 0 bridgehead atoms. The van der Waals surface area contributed by atoms with Gasteiger partial charge in [0.1, 0.15) is 0 Å². The number of morpholine rings is 1. The molecule has 2 saturated heterocycles. The predicted octanol–water partition coefficient (Wildman–Crippen LogP) is 3.41. The second-order valence-corrected chi connectivity index (χ2v) is 7.22. The summed E-state index contributed by atoms with van der Waals surface area (Å²) >= 11 is 6.28. The lowest BCUT2D eigenvalue weighted by atomic mass is 10.0. The number of benzene rings is 1. The molecule has 0 saturated carbocycles. The van der Waals surface area contributed by atoms with Crippen LogP contribution in [0.4, 0.5) is 0 Å². The standard InChI is InChI=1S/C18H27ClN2O/c1-14-11-21(12-15(2)22-14)17-7-9-20(10-8-17)13-16-5-3-4-6-18(16)19/h3-6,14-15,17H,7-13H2,1-2H3/t14-,15+. The molecule has 0 unspecified atom stereocenters. The van der Waals surface area contributed by atoms with Crippen molar-refractivity contribution < 1.29 is 4.74 Å². The molecule has 4 heteroatoms. The predicted molar refractivity (Wildman–Crippen MR) is 91.3 cm³/mol. The van der Waals surface area contributed by atoms with Crippen molar-refractivity contribution in [2.45, 2.75) is 51.5 Å². The summed E-state index contributed by atoms with van der Waals surface area (Å²) in [6, 6.07) is 8.92. The van der Waals surface area contributed by atoms with Gasteiger partial charge in [-0.1, -0.05) is 29.8 Å². The molecule has 122 valence electrons. The van der Waals surface area contributed by atoms with Crippen LogP contribution in [0.1, 0.15) is 32.3 Å². The molecule has 0 N–H and O–H groups in total. The molecule has 22 heavy (non-hydrogen) atoms. The Morgan fingerprint density at radius 3 is 2.36 bits per heavy atom. The molecule has 2 fully saturated rings. The Labute approximate surface area is 139 Å². The Bertz CT molecular complexity index is 478. The van der Waals surface area contributed by atoms with Crippen molar-refractivity contribution >= 4 is 11.6 Å². The summed E-state index contributed by atoms with van der Waals surface area (Å²) in [4.78, 5) is 5.18. The highest BCUT2D eigenvalue weighted by atomic mass is 35.5. The second kappa shape index (κ2) is 7.31. The van der Waals surface area contributed by atoms with Gasteiger partial charge in [0.05, 0.1) is 12.2 Å². The third-order valence-electron chi connectivity index (χ3n) is 4.87. The number of likely N-dealkylation sites (tertiary alicyclic amines) is 1. The largest absolute Gasteiger partial charge is 0.373 e. The molecule has 0 spiro atoms. The number of hydrogen-bond acceptors (Lipinski definition) is 3. The van der Waals surface area contributed by atoms with Gasteiger partial charge in [-0.05, 0) is 51.4 Å². The number of hydrogen-bond donors (Lipinski definition) is 0. The normalized spacial score (nSPS) is 28.9. The van der Waals surface area contributed by atoms with Crippen molar-refractivity contribution in [2.24, 2.45) is 0 Å². The minimum absolute atomic E-state index is 0.366. The molecule has 1 aromatic rings. The maximum Gasteiger partial charge on any atom is 0.0678 e. The van der Waals surface area contributed by atoms with Crippen molar-refractivity contribution in [3.8, 4) is 0 Å². The minimum atomic E-state index is 0.366. The van der Waals surface area contributed by atoms with Crippen molar-refractivity contribution in [3.63, 3.8) is 0 Å². The summed E-state index contributed by atoms with van der Waals surface area (Å²) in [5, 5.41) is 0.889. The third-order valence-corrected chi connectivity index (χ3v) is 5.24. The van der Waals surface area contributed by atoms with E-state index in [2.05, 4.69) is 35.8 Å². The van der Waals surface area contributed by atoms with Gasteiger partial charge in [-0.25, -0.2) is 0 Å². The Kier molecular flexibility index (Phi) is 5.40. The van der Waals surface area contributed by atoms with E-state index < -0.39 is 0 Å². The molecular weight excluding hydrogens is 296 g/mol. The molecule has 0 radical (unpaired) electrons. The zero-order chi connectivity index (χ0) is 15.5. The van der Waals surface area contributed by atoms with E-state index in [-0.39, 0.29) is 0 Å². The first-order valence-corrected chi connectivity index (χ1v) is 8.85. The summed E-state index contributed by atoms with van der Waals surface area (Å²) in [5.74, 6) is 0. The van der Waals surface area contributed by atoms with Gasteiger partial charge in [0, 0.05) is 30.7 Å². The number of nitrogens with zero attached hydrogens (tertiary/aromatic N) is 2. The fourth-order valence-electron chi connectivity index (χ4n) is 3.83. The van der Waals surface area contributed by atoms with E-state index in [1.807, 2.05) is 12.1 Å². The fourth-order valence-corrected chi connectivity index (χ4v) is 4.02. The van der Waals surface area contributed by atoms with Crippen molar-refractivity contribution in [3.05, 3.63) is 34.9 Å². The molecule has 2 heterocycles. The number of piperidine rings is 1. The Morgan fingerprint density at radius 1 is 1.09 bits per heavy atom. The zero-order valence-electron chi connectivity index (χ0n) is 13.7. The van der Waals surface area contributed by atoms with Crippen LogP contribution in [0.2, 0.25) is 5.02 Å². The monoisotopic (exact) mass is 322 g/mol. The second-order valence-electron chi connectivity index (χ2n) is 6.81. The van der Waals surface area contributed by atoms with E-state index in [9.17, 15) is 0 Å². The van der Waals surface area contributed by atoms with E-state index in [4.69, 9.17) is 16.3 Å². The molecule has 0 aromatic heterocycles. The lowest BCUT2D eigenvalue weighted by Gasteiger charge is -2.43. The third kappa shape index (κ3) is 4.02. The Hall–Kier alpha value is -0.610. The average molecular weight is 323 g/mol. The van der Waals surface area contributed by atoms with Crippen LogP contribution in [0.5, 0.6) is 0 Å². The summed E-state index contributed by atoms with van der Waals surface area (Å²) in [6.07, 6.45) is 3.24. The van der Waals surface area contributed by atoms with E-state index >= 15 is 0 Å². The molecule has 0 aliphatic carbocycles. The van der Waals surface area contributed by atoms with E-state index in [0.717, 1.165) is 43.8 Å².